The molecule has 110 valence electrons. The highest BCUT2D eigenvalue weighted by Crippen LogP contribution is 2.22. The first-order valence-corrected chi connectivity index (χ1v) is 6.69. The number of carbonyl (C=O) groups excluding carboxylic acids is 1. The van der Waals surface area contributed by atoms with Gasteiger partial charge in [0.25, 0.3) is 5.91 Å². The summed E-state index contributed by atoms with van der Waals surface area (Å²) in [5.41, 5.74) is 2.34. The molecule has 21 heavy (non-hydrogen) atoms. The first-order valence-electron chi connectivity index (χ1n) is 6.32. The van der Waals surface area contributed by atoms with E-state index in [1.807, 2.05) is 30.3 Å². The largest absolute Gasteiger partial charge is 0.490 e. The average Bonchev–Trinajstić information content (AvgIpc) is 2.53. The number of nitrogens with two attached hydrogens (primary N) is 1. The van der Waals surface area contributed by atoms with Crippen molar-refractivity contribution < 1.29 is 14.3 Å². The molecule has 0 radical (unpaired) electrons. The fraction of sp³-hybridized carbons (Fsp3) is 0.133. The molecular weight excluding hydrogens is 292 g/mol. The van der Waals surface area contributed by atoms with Gasteiger partial charge in [0.1, 0.15) is 24.7 Å². The van der Waals surface area contributed by atoms with Gasteiger partial charge < -0.3 is 9.47 Å². The third-order valence-corrected chi connectivity index (χ3v) is 2.91. The number of hydrazine groups is 1. The Hall–Kier alpha value is -2.24. The van der Waals surface area contributed by atoms with E-state index < -0.39 is 5.91 Å². The zero-order valence-corrected chi connectivity index (χ0v) is 12.0. The maximum absolute atomic E-state index is 11.6. The van der Waals surface area contributed by atoms with Crippen LogP contribution in [-0.4, -0.2) is 19.1 Å². The summed E-state index contributed by atoms with van der Waals surface area (Å²) in [4.78, 5) is 11.6. The Bertz CT molecular complexity index is 605. The Kier molecular flexibility index (Phi) is 5.43. The van der Waals surface area contributed by atoms with Crippen molar-refractivity contribution in [3.63, 3.8) is 0 Å². The SMILES string of the molecule is NNC(=O)c1cc(Cl)ccc1OCCOc1ccccc1. The van der Waals surface area contributed by atoms with Gasteiger partial charge in [0.05, 0.1) is 5.56 Å². The Morgan fingerprint density at radius 3 is 2.52 bits per heavy atom. The fourth-order valence-electron chi connectivity index (χ4n) is 1.71. The van der Waals surface area contributed by atoms with Crippen molar-refractivity contribution in [1.29, 1.82) is 0 Å². The molecular formula is C15H15ClN2O3. The van der Waals surface area contributed by atoms with Gasteiger partial charge in [-0.1, -0.05) is 29.8 Å². The minimum atomic E-state index is -0.462. The van der Waals surface area contributed by atoms with E-state index in [0.717, 1.165) is 5.75 Å². The average molecular weight is 307 g/mol. The molecule has 0 saturated heterocycles. The van der Waals surface area contributed by atoms with Gasteiger partial charge in [-0.3, -0.25) is 10.2 Å². The van der Waals surface area contributed by atoms with Crippen LogP contribution in [0.2, 0.25) is 5.02 Å². The van der Waals surface area contributed by atoms with E-state index >= 15 is 0 Å². The number of ether oxygens (including phenoxy) is 2. The van der Waals surface area contributed by atoms with Crippen LogP contribution < -0.4 is 20.7 Å². The van der Waals surface area contributed by atoms with Crippen LogP contribution in [0.4, 0.5) is 0 Å². The Labute approximate surface area is 127 Å². The van der Waals surface area contributed by atoms with Crippen molar-refractivity contribution in [3.8, 4) is 11.5 Å². The number of nitrogen functional groups attached to an aromatic ring is 1. The topological polar surface area (TPSA) is 73.6 Å². The molecule has 0 bridgehead atoms. The zero-order valence-electron chi connectivity index (χ0n) is 11.2. The van der Waals surface area contributed by atoms with Crippen LogP contribution in [0.15, 0.2) is 48.5 Å². The van der Waals surface area contributed by atoms with Crippen LogP contribution in [0.1, 0.15) is 10.4 Å². The second-order valence-electron chi connectivity index (χ2n) is 4.12. The van der Waals surface area contributed by atoms with Crippen molar-refractivity contribution in [1.82, 2.24) is 5.43 Å². The number of nitrogens with one attached hydrogen (secondary N) is 1. The number of benzene rings is 2. The van der Waals surface area contributed by atoms with Gasteiger partial charge in [-0.25, -0.2) is 5.84 Å². The Balaban J connectivity index is 1.92. The predicted molar refractivity (Wildman–Crippen MR) is 80.5 cm³/mol. The first-order chi connectivity index (χ1) is 10.2. The smallest absolute Gasteiger partial charge is 0.268 e. The van der Waals surface area contributed by atoms with E-state index in [9.17, 15) is 4.79 Å². The lowest BCUT2D eigenvalue weighted by atomic mass is 10.2. The van der Waals surface area contributed by atoms with Gasteiger partial charge in [0.15, 0.2) is 0 Å². The number of rotatable bonds is 6. The molecule has 1 amide bonds. The molecule has 0 aliphatic carbocycles. The van der Waals surface area contributed by atoms with Gasteiger partial charge >= 0.3 is 0 Å². The van der Waals surface area contributed by atoms with Crippen molar-refractivity contribution in [2.45, 2.75) is 0 Å². The number of halogens is 1. The van der Waals surface area contributed by atoms with E-state index in [2.05, 4.69) is 5.43 Å². The fourth-order valence-corrected chi connectivity index (χ4v) is 1.88. The Morgan fingerprint density at radius 2 is 1.81 bits per heavy atom. The van der Waals surface area contributed by atoms with Gasteiger partial charge in [-0.05, 0) is 30.3 Å². The highest BCUT2D eigenvalue weighted by molar-refractivity contribution is 6.31. The van der Waals surface area contributed by atoms with Crippen LogP contribution in [0.25, 0.3) is 0 Å². The number of carbonyl (C=O) groups is 1. The molecule has 0 spiro atoms. The lowest BCUT2D eigenvalue weighted by Crippen LogP contribution is -2.30. The predicted octanol–water partition coefficient (Wildman–Crippen LogP) is 2.40. The molecule has 0 aromatic heterocycles. The lowest BCUT2D eigenvalue weighted by Gasteiger charge is -2.11. The number of amides is 1. The molecule has 0 saturated carbocycles. The summed E-state index contributed by atoms with van der Waals surface area (Å²) in [6.45, 7) is 0.650. The van der Waals surface area contributed by atoms with E-state index in [0.29, 0.717) is 24.0 Å². The molecule has 2 aromatic rings. The quantitative estimate of drug-likeness (QED) is 0.372. The third-order valence-electron chi connectivity index (χ3n) is 2.67. The molecule has 6 heteroatoms. The summed E-state index contributed by atoms with van der Waals surface area (Å²) < 4.78 is 11.0. The van der Waals surface area contributed by atoms with Crippen LogP contribution in [0.5, 0.6) is 11.5 Å². The first kappa shape index (κ1) is 15.2. The maximum atomic E-state index is 11.6. The molecule has 0 aliphatic heterocycles. The highest BCUT2D eigenvalue weighted by atomic mass is 35.5. The summed E-state index contributed by atoms with van der Waals surface area (Å²) in [5, 5.41) is 0.432. The monoisotopic (exact) mass is 306 g/mol. The molecule has 0 atom stereocenters. The minimum absolute atomic E-state index is 0.282. The number of para-hydroxylation sites is 1. The number of hydrogen-bond donors (Lipinski definition) is 2. The molecule has 0 heterocycles. The van der Waals surface area contributed by atoms with Gasteiger partial charge in [-0.15, -0.1) is 0 Å². The third kappa shape index (κ3) is 4.37. The molecule has 3 N–H and O–H groups in total. The zero-order chi connectivity index (χ0) is 15.1. The van der Waals surface area contributed by atoms with Crippen LogP contribution >= 0.6 is 11.6 Å². The molecule has 0 unspecified atom stereocenters. The van der Waals surface area contributed by atoms with Gasteiger partial charge in [0.2, 0.25) is 0 Å². The minimum Gasteiger partial charge on any atom is -0.490 e. The van der Waals surface area contributed by atoms with E-state index in [1.54, 1.807) is 12.1 Å². The summed E-state index contributed by atoms with van der Waals surface area (Å²) in [6.07, 6.45) is 0. The summed E-state index contributed by atoms with van der Waals surface area (Å²) in [6, 6.07) is 14.2. The van der Waals surface area contributed by atoms with Crippen LogP contribution in [0, 0.1) is 0 Å². The van der Waals surface area contributed by atoms with Crippen molar-refractivity contribution >= 4 is 17.5 Å². The van der Waals surface area contributed by atoms with E-state index in [1.165, 1.54) is 6.07 Å². The van der Waals surface area contributed by atoms with E-state index in [4.69, 9.17) is 26.9 Å². The van der Waals surface area contributed by atoms with Gasteiger partial charge in [-0.2, -0.15) is 0 Å². The molecule has 2 aromatic carbocycles. The Morgan fingerprint density at radius 1 is 1.10 bits per heavy atom. The maximum Gasteiger partial charge on any atom is 0.268 e. The molecule has 0 fully saturated rings. The summed E-state index contributed by atoms with van der Waals surface area (Å²) in [5.74, 6) is 5.83. The van der Waals surface area contributed by atoms with Crippen molar-refractivity contribution in [3.05, 3.63) is 59.1 Å². The van der Waals surface area contributed by atoms with Crippen molar-refractivity contribution in [2.75, 3.05) is 13.2 Å². The highest BCUT2D eigenvalue weighted by Gasteiger charge is 2.12. The second kappa shape index (κ2) is 7.52. The van der Waals surface area contributed by atoms with Crippen LogP contribution in [-0.2, 0) is 0 Å². The standard InChI is InChI=1S/C15H15ClN2O3/c16-11-6-7-14(13(10-11)15(19)18-17)21-9-8-20-12-4-2-1-3-5-12/h1-7,10H,8-9,17H2,(H,18,19). The van der Waals surface area contributed by atoms with E-state index in [-0.39, 0.29) is 5.56 Å². The summed E-state index contributed by atoms with van der Waals surface area (Å²) >= 11 is 5.86. The second-order valence-corrected chi connectivity index (χ2v) is 4.56. The normalized spacial score (nSPS) is 10.0. The lowest BCUT2D eigenvalue weighted by molar-refractivity contribution is 0.0948. The molecule has 5 nitrogen and oxygen atoms in total. The number of hydrogen-bond acceptors (Lipinski definition) is 4. The summed E-state index contributed by atoms with van der Waals surface area (Å²) in [7, 11) is 0. The van der Waals surface area contributed by atoms with Crippen LogP contribution in [0.3, 0.4) is 0 Å². The van der Waals surface area contributed by atoms with Crippen molar-refractivity contribution in [2.24, 2.45) is 5.84 Å². The van der Waals surface area contributed by atoms with Gasteiger partial charge in [0, 0.05) is 5.02 Å². The molecule has 2 rings (SSSR count). The molecule has 0 aliphatic rings.